The highest BCUT2D eigenvalue weighted by atomic mass is 15.2. The third kappa shape index (κ3) is 1.03. The highest BCUT2D eigenvalue weighted by molar-refractivity contribution is 5.36. The number of likely N-dealkylation sites (tertiary alicyclic amines) is 1. The summed E-state index contributed by atoms with van der Waals surface area (Å²) in [5.41, 5.74) is 9.54. The summed E-state index contributed by atoms with van der Waals surface area (Å²) in [5.74, 6) is 0.505. The smallest absolute Gasteiger partial charge is 0.0218 e. The maximum absolute atomic E-state index is 5.87. The first-order valence-corrected chi connectivity index (χ1v) is 5.04. The van der Waals surface area contributed by atoms with Gasteiger partial charge in [0.1, 0.15) is 0 Å². The van der Waals surface area contributed by atoms with Crippen molar-refractivity contribution in [2.24, 2.45) is 17.1 Å². The summed E-state index contributed by atoms with van der Waals surface area (Å²) < 4.78 is 0. The van der Waals surface area contributed by atoms with Crippen LogP contribution in [0.1, 0.15) is 20.3 Å². The van der Waals surface area contributed by atoms with Crippen LogP contribution in [-0.2, 0) is 0 Å². The fraction of sp³-hybridized carbons (Fsp3) is 0.500. The average molecular weight is 190 g/mol. The standard InChI is InChI=1S/C12H18N2/c1-8-12(2,3)10-7-9(13)5-6-11(10)14(8)4/h5-6,10H,1,7,13H2,2-4H3. The SMILES string of the molecule is C=C1N(C)C2=CC=C(N)CC2C1(C)C. The van der Waals surface area contributed by atoms with Crippen LogP contribution in [0.3, 0.4) is 0 Å². The molecular weight excluding hydrogens is 172 g/mol. The van der Waals surface area contributed by atoms with Crippen molar-refractivity contribution in [2.45, 2.75) is 20.3 Å². The van der Waals surface area contributed by atoms with Crippen LogP contribution < -0.4 is 5.73 Å². The summed E-state index contributed by atoms with van der Waals surface area (Å²) >= 11 is 0. The minimum Gasteiger partial charge on any atom is -0.402 e. The maximum atomic E-state index is 5.87. The van der Waals surface area contributed by atoms with Crippen LogP contribution in [0.2, 0.25) is 0 Å². The molecule has 2 N–H and O–H groups in total. The molecule has 2 heteroatoms. The van der Waals surface area contributed by atoms with Gasteiger partial charge in [-0.15, -0.1) is 0 Å². The first-order valence-electron chi connectivity index (χ1n) is 5.04. The largest absolute Gasteiger partial charge is 0.402 e. The van der Waals surface area contributed by atoms with Crippen LogP contribution in [0.25, 0.3) is 0 Å². The zero-order chi connectivity index (χ0) is 10.5. The Kier molecular flexibility index (Phi) is 1.78. The van der Waals surface area contributed by atoms with E-state index in [4.69, 9.17) is 5.73 Å². The molecule has 0 aromatic rings. The van der Waals surface area contributed by atoms with Crippen LogP contribution in [-0.4, -0.2) is 11.9 Å². The van der Waals surface area contributed by atoms with E-state index in [0.717, 1.165) is 12.1 Å². The summed E-state index contributed by atoms with van der Waals surface area (Å²) in [6, 6.07) is 0. The van der Waals surface area contributed by atoms with Gasteiger partial charge in [0, 0.05) is 35.5 Å². The van der Waals surface area contributed by atoms with E-state index in [1.165, 1.54) is 11.4 Å². The molecule has 1 unspecified atom stereocenters. The fourth-order valence-corrected chi connectivity index (χ4v) is 2.48. The molecule has 1 heterocycles. The first kappa shape index (κ1) is 9.38. The van der Waals surface area contributed by atoms with Gasteiger partial charge in [-0.1, -0.05) is 20.4 Å². The van der Waals surface area contributed by atoms with E-state index in [9.17, 15) is 0 Å². The highest BCUT2D eigenvalue weighted by Gasteiger charge is 2.45. The molecule has 2 rings (SSSR count). The summed E-state index contributed by atoms with van der Waals surface area (Å²) in [6.07, 6.45) is 5.10. The van der Waals surface area contributed by atoms with Crippen molar-refractivity contribution in [1.82, 2.24) is 4.90 Å². The molecule has 1 saturated heterocycles. The Balaban J connectivity index is 2.46. The molecular formula is C12H18N2. The van der Waals surface area contributed by atoms with Gasteiger partial charge in [-0.25, -0.2) is 0 Å². The van der Waals surface area contributed by atoms with E-state index in [1.54, 1.807) is 0 Å². The van der Waals surface area contributed by atoms with Crippen molar-refractivity contribution in [3.63, 3.8) is 0 Å². The Bertz CT molecular complexity index is 347. The molecule has 0 aromatic heterocycles. The van der Waals surface area contributed by atoms with Gasteiger partial charge >= 0.3 is 0 Å². The molecule has 0 saturated carbocycles. The van der Waals surface area contributed by atoms with E-state index in [1.807, 2.05) is 6.08 Å². The number of fused-ring (bicyclic) bond motifs is 1. The Labute approximate surface area is 85.8 Å². The van der Waals surface area contributed by atoms with Gasteiger partial charge in [0.25, 0.3) is 0 Å². The van der Waals surface area contributed by atoms with Gasteiger partial charge in [-0.3, -0.25) is 0 Å². The molecule has 1 aliphatic carbocycles. The van der Waals surface area contributed by atoms with Crippen molar-refractivity contribution in [2.75, 3.05) is 7.05 Å². The van der Waals surface area contributed by atoms with Gasteiger partial charge in [0.05, 0.1) is 0 Å². The molecule has 1 fully saturated rings. The Hall–Kier alpha value is -1.18. The Morgan fingerprint density at radius 3 is 2.79 bits per heavy atom. The Morgan fingerprint density at radius 1 is 1.50 bits per heavy atom. The zero-order valence-corrected chi connectivity index (χ0v) is 9.17. The van der Waals surface area contributed by atoms with Gasteiger partial charge < -0.3 is 10.6 Å². The number of nitrogens with two attached hydrogens (primary N) is 1. The van der Waals surface area contributed by atoms with E-state index in [0.29, 0.717) is 5.92 Å². The number of hydrogen-bond acceptors (Lipinski definition) is 2. The third-order valence-electron chi connectivity index (χ3n) is 3.67. The molecule has 14 heavy (non-hydrogen) atoms. The second kappa shape index (κ2) is 2.66. The van der Waals surface area contributed by atoms with Crippen molar-refractivity contribution in [1.29, 1.82) is 0 Å². The molecule has 1 aliphatic heterocycles. The molecule has 1 atom stereocenters. The summed E-state index contributed by atoms with van der Waals surface area (Å²) in [4.78, 5) is 2.20. The van der Waals surface area contributed by atoms with Gasteiger partial charge in [-0.2, -0.15) is 0 Å². The summed E-state index contributed by atoms with van der Waals surface area (Å²) in [7, 11) is 2.09. The van der Waals surface area contributed by atoms with E-state index in [2.05, 4.69) is 38.5 Å². The topological polar surface area (TPSA) is 29.3 Å². The van der Waals surface area contributed by atoms with Crippen molar-refractivity contribution in [3.05, 3.63) is 35.8 Å². The molecule has 0 radical (unpaired) electrons. The normalized spacial score (nSPS) is 29.8. The van der Waals surface area contributed by atoms with Crippen LogP contribution in [0.4, 0.5) is 0 Å². The van der Waals surface area contributed by atoms with E-state index in [-0.39, 0.29) is 5.41 Å². The van der Waals surface area contributed by atoms with Crippen LogP contribution >= 0.6 is 0 Å². The van der Waals surface area contributed by atoms with Gasteiger partial charge in [0.2, 0.25) is 0 Å². The number of rotatable bonds is 0. The zero-order valence-electron chi connectivity index (χ0n) is 9.17. The fourth-order valence-electron chi connectivity index (χ4n) is 2.48. The molecule has 2 nitrogen and oxygen atoms in total. The lowest BCUT2D eigenvalue weighted by atomic mass is 9.75. The Morgan fingerprint density at radius 2 is 2.14 bits per heavy atom. The minimum absolute atomic E-state index is 0.138. The van der Waals surface area contributed by atoms with Gasteiger partial charge in [0.15, 0.2) is 0 Å². The predicted molar refractivity (Wildman–Crippen MR) is 59.1 cm³/mol. The number of nitrogens with zero attached hydrogens (tertiary/aromatic N) is 1. The second-order valence-corrected chi connectivity index (χ2v) is 4.82. The monoisotopic (exact) mass is 190 g/mol. The van der Waals surface area contributed by atoms with Crippen molar-refractivity contribution >= 4 is 0 Å². The quantitative estimate of drug-likeness (QED) is 0.634. The lowest BCUT2D eigenvalue weighted by molar-refractivity contribution is 0.335. The van der Waals surface area contributed by atoms with E-state index >= 15 is 0 Å². The maximum Gasteiger partial charge on any atom is 0.0218 e. The van der Waals surface area contributed by atoms with Crippen molar-refractivity contribution < 1.29 is 0 Å². The first-order chi connectivity index (χ1) is 6.44. The second-order valence-electron chi connectivity index (χ2n) is 4.82. The lowest BCUT2D eigenvalue weighted by Gasteiger charge is -2.27. The highest BCUT2D eigenvalue weighted by Crippen LogP contribution is 2.51. The molecule has 0 aromatic carbocycles. The van der Waals surface area contributed by atoms with Gasteiger partial charge in [-0.05, 0) is 18.6 Å². The molecule has 0 spiro atoms. The average Bonchev–Trinajstić information content (AvgIpc) is 2.29. The summed E-state index contributed by atoms with van der Waals surface area (Å²) in [5, 5.41) is 0. The lowest BCUT2D eigenvalue weighted by Crippen LogP contribution is -2.23. The van der Waals surface area contributed by atoms with Crippen LogP contribution in [0, 0.1) is 11.3 Å². The molecule has 0 amide bonds. The van der Waals surface area contributed by atoms with Crippen LogP contribution in [0.15, 0.2) is 35.8 Å². The molecule has 2 aliphatic rings. The van der Waals surface area contributed by atoms with E-state index < -0.39 is 0 Å². The molecule has 0 bridgehead atoms. The number of hydrogen-bond donors (Lipinski definition) is 1. The van der Waals surface area contributed by atoms with Crippen LogP contribution in [0.5, 0.6) is 0 Å². The molecule has 76 valence electrons. The summed E-state index contributed by atoms with van der Waals surface area (Å²) in [6.45, 7) is 8.65. The van der Waals surface area contributed by atoms with Crippen molar-refractivity contribution in [3.8, 4) is 0 Å². The predicted octanol–water partition coefficient (Wildman–Crippen LogP) is 2.22. The minimum atomic E-state index is 0.138. The number of allylic oxidation sites excluding steroid dienone is 5. The third-order valence-corrected chi connectivity index (χ3v) is 3.67.